The van der Waals surface area contributed by atoms with E-state index in [9.17, 15) is 13.2 Å². The first kappa shape index (κ1) is 21.2. The van der Waals surface area contributed by atoms with Crippen LogP contribution in [0, 0.1) is 0 Å². The molecule has 0 aliphatic heterocycles. The molecule has 0 unspecified atom stereocenters. The van der Waals surface area contributed by atoms with Crippen LogP contribution in [0.15, 0.2) is 76.1 Å². The first-order valence-electron chi connectivity index (χ1n) is 8.32. The standard InChI is InChI=1S/C20H16BrClN2O4S/c1-28-16-8-6-15(7-9-16)24-29(26,27)17-10-11-19(22)18(12-17)20(25)23-14-4-2-13(21)3-5-14/h2-12,24H,1H3,(H,23,25). The summed E-state index contributed by atoms with van der Waals surface area (Å²) in [6.07, 6.45) is 0. The van der Waals surface area contributed by atoms with Gasteiger partial charge in [-0.05, 0) is 66.7 Å². The summed E-state index contributed by atoms with van der Waals surface area (Å²) in [5, 5.41) is 2.84. The predicted octanol–water partition coefficient (Wildman–Crippen LogP) is 5.16. The van der Waals surface area contributed by atoms with Crippen molar-refractivity contribution in [2.45, 2.75) is 4.90 Å². The van der Waals surface area contributed by atoms with Crippen molar-refractivity contribution >= 4 is 54.8 Å². The van der Waals surface area contributed by atoms with E-state index in [4.69, 9.17) is 16.3 Å². The summed E-state index contributed by atoms with van der Waals surface area (Å²) < 4.78 is 33.8. The largest absolute Gasteiger partial charge is 0.497 e. The minimum atomic E-state index is -3.92. The second-order valence-electron chi connectivity index (χ2n) is 5.94. The Kier molecular flexibility index (Phi) is 6.46. The molecule has 29 heavy (non-hydrogen) atoms. The van der Waals surface area contributed by atoms with E-state index in [0.717, 1.165) is 4.47 Å². The third-order valence-electron chi connectivity index (χ3n) is 3.94. The highest BCUT2D eigenvalue weighted by atomic mass is 79.9. The van der Waals surface area contributed by atoms with E-state index in [-0.39, 0.29) is 15.5 Å². The van der Waals surface area contributed by atoms with Crippen LogP contribution in [0.2, 0.25) is 5.02 Å². The molecule has 0 saturated heterocycles. The normalized spacial score (nSPS) is 11.0. The number of hydrogen-bond acceptors (Lipinski definition) is 4. The van der Waals surface area contributed by atoms with Crippen LogP contribution in [0.3, 0.4) is 0 Å². The Balaban J connectivity index is 1.84. The molecule has 0 fully saturated rings. The highest BCUT2D eigenvalue weighted by molar-refractivity contribution is 9.10. The summed E-state index contributed by atoms with van der Waals surface area (Å²) in [5.74, 6) is 0.0881. The lowest BCUT2D eigenvalue weighted by molar-refractivity contribution is 0.102. The Bertz CT molecular complexity index is 1130. The van der Waals surface area contributed by atoms with E-state index in [1.165, 1.54) is 25.3 Å². The van der Waals surface area contributed by atoms with Crippen LogP contribution in [-0.4, -0.2) is 21.4 Å². The molecule has 0 aliphatic carbocycles. The zero-order valence-corrected chi connectivity index (χ0v) is 18.3. The van der Waals surface area contributed by atoms with Crippen molar-refractivity contribution in [2.24, 2.45) is 0 Å². The quantitative estimate of drug-likeness (QED) is 0.494. The first-order valence-corrected chi connectivity index (χ1v) is 11.0. The fraction of sp³-hybridized carbons (Fsp3) is 0.0500. The summed E-state index contributed by atoms with van der Waals surface area (Å²) in [7, 11) is -2.40. The van der Waals surface area contributed by atoms with Crippen LogP contribution in [0.25, 0.3) is 0 Å². The van der Waals surface area contributed by atoms with Gasteiger partial charge in [-0.25, -0.2) is 8.42 Å². The van der Waals surface area contributed by atoms with E-state index in [0.29, 0.717) is 17.1 Å². The topological polar surface area (TPSA) is 84.5 Å². The van der Waals surface area contributed by atoms with Gasteiger partial charge in [0.2, 0.25) is 0 Å². The third kappa shape index (κ3) is 5.29. The van der Waals surface area contributed by atoms with Gasteiger partial charge in [-0.2, -0.15) is 0 Å². The molecule has 6 nitrogen and oxygen atoms in total. The van der Waals surface area contributed by atoms with E-state index in [1.807, 2.05) is 0 Å². The van der Waals surface area contributed by atoms with Gasteiger partial charge in [-0.15, -0.1) is 0 Å². The van der Waals surface area contributed by atoms with Crippen molar-refractivity contribution in [3.63, 3.8) is 0 Å². The number of rotatable bonds is 6. The average Bonchev–Trinajstić information content (AvgIpc) is 2.70. The Hall–Kier alpha value is -2.55. The predicted molar refractivity (Wildman–Crippen MR) is 117 cm³/mol. The highest BCUT2D eigenvalue weighted by Crippen LogP contribution is 2.25. The minimum Gasteiger partial charge on any atom is -0.497 e. The van der Waals surface area contributed by atoms with Crippen LogP contribution in [0.1, 0.15) is 10.4 Å². The summed E-state index contributed by atoms with van der Waals surface area (Å²) in [5.41, 5.74) is 0.965. The number of methoxy groups -OCH3 is 1. The van der Waals surface area contributed by atoms with Crippen LogP contribution >= 0.6 is 27.5 Å². The first-order chi connectivity index (χ1) is 13.8. The number of anilines is 2. The summed E-state index contributed by atoms with van der Waals surface area (Å²) in [6.45, 7) is 0. The van der Waals surface area contributed by atoms with Crippen molar-refractivity contribution in [3.05, 3.63) is 81.8 Å². The molecule has 0 heterocycles. The molecule has 0 saturated carbocycles. The molecular formula is C20H16BrClN2O4S. The van der Waals surface area contributed by atoms with Gasteiger partial charge in [0.15, 0.2) is 0 Å². The molecule has 150 valence electrons. The molecule has 0 aromatic heterocycles. The van der Waals surface area contributed by atoms with E-state index >= 15 is 0 Å². The molecule has 0 aliphatic rings. The number of carbonyl (C=O) groups excluding carboxylic acids is 1. The number of halogens is 2. The van der Waals surface area contributed by atoms with Gasteiger partial charge in [0.1, 0.15) is 5.75 Å². The number of hydrogen-bond donors (Lipinski definition) is 2. The number of carbonyl (C=O) groups is 1. The number of nitrogens with one attached hydrogen (secondary N) is 2. The van der Waals surface area contributed by atoms with Crippen LogP contribution in [-0.2, 0) is 10.0 Å². The lowest BCUT2D eigenvalue weighted by Gasteiger charge is -2.11. The van der Waals surface area contributed by atoms with Gasteiger partial charge in [-0.3, -0.25) is 9.52 Å². The molecule has 0 bridgehead atoms. The molecule has 3 aromatic carbocycles. The Labute approximate surface area is 182 Å². The SMILES string of the molecule is COc1ccc(NS(=O)(=O)c2ccc(Cl)c(C(=O)Nc3ccc(Br)cc3)c2)cc1. The van der Waals surface area contributed by atoms with Crippen molar-refractivity contribution < 1.29 is 17.9 Å². The molecule has 1 amide bonds. The smallest absolute Gasteiger partial charge is 0.261 e. The lowest BCUT2D eigenvalue weighted by Crippen LogP contribution is -2.16. The maximum Gasteiger partial charge on any atom is 0.261 e. The average molecular weight is 496 g/mol. The molecule has 3 rings (SSSR count). The molecule has 0 atom stereocenters. The zero-order chi connectivity index (χ0) is 21.0. The number of sulfonamides is 1. The second-order valence-corrected chi connectivity index (χ2v) is 8.94. The third-order valence-corrected chi connectivity index (χ3v) is 6.17. The van der Waals surface area contributed by atoms with Crippen molar-refractivity contribution in [3.8, 4) is 5.75 Å². The fourth-order valence-electron chi connectivity index (χ4n) is 2.45. The number of benzene rings is 3. The second kappa shape index (κ2) is 8.86. The maximum absolute atomic E-state index is 12.7. The Morgan fingerprint density at radius 3 is 2.21 bits per heavy atom. The van der Waals surface area contributed by atoms with Gasteiger partial charge >= 0.3 is 0 Å². The zero-order valence-electron chi connectivity index (χ0n) is 15.1. The highest BCUT2D eigenvalue weighted by Gasteiger charge is 2.19. The van der Waals surface area contributed by atoms with Gasteiger partial charge in [0, 0.05) is 15.8 Å². The maximum atomic E-state index is 12.7. The van der Waals surface area contributed by atoms with Gasteiger partial charge in [0.25, 0.3) is 15.9 Å². The van der Waals surface area contributed by atoms with Crippen LogP contribution < -0.4 is 14.8 Å². The van der Waals surface area contributed by atoms with Gasteiger partial charge in [0.05, 0.1) is 22.6 Å². The van der Waals surface area contributed by atoms with Gasteiger partial charge < -0.3 is 10.1 Å². The summed E-state index contributed by atoms with van der Waals surface area (Å²) in [6, 6.07) is 17.3. The van der Waals surface area contributed by atoms with Crippen LogP contribution in [0.5, 0.6) is 5.75 Å². The van der Waals surface area contributed by atoms with Crippen molar-refractivity contribution in [2.75, 3.05) is 17.1 Å². The molecule has 0 spiro atoms. The Morgan fingerprint density at radius 2 is 1.59 bits per heavy atom. The van der Waals surface area contributed by atoms with E-state index in [1.54, 1.807) is 48.5 Å². The summed E-state index contributed by atoms with van der Waals surface area (Å²) >= 11 is 9.45. The lowest BCUT2D eigenvalue weighted by atomic mass is 10.2. The fourth-order valence-corrected chi connectivity index (χ4v) is 4.00. The number of amides is 1. The van der Waals surface area contributed by atoms with Crippen molar-refractivity contribution in [1.29, 1.82) is 0 Å². The Morgan fingerprint density at radius 1 is 0.966 bits per heavy atom. The summed E-state index contributed by atoms with van der Waals surface area (Å²) in [4.78, 5) is 12.5. The molecule has 2 N–H and O–H groups in total. The number of ether oxygens (including phenoxy) is 1. The van der Waals surface area contributed by atoms with Crippen molar-refractivity contribution in [1.82, 2.24) is 0 Å². The monoisotopic (exact) mass is 494 g/mol. The minimum absolute atomic E-state index is 0.0483. The molecule has 3 aromatic rings. The van der Waals surface area contributed by atoms with Gasteiger partial charge in [-0.1, -0.05) is 27.5 Å². The van der Waals surface area contributed by atoms with E-state index in [2.05, 4.69) is 26.0 Å². The molecule has 9 heteroatoms. The molecular weight excluding hydrogens is 480 g/mol. The molecule has 0 radical (unpaired) electrons. The van der Waals surface area contributed by atoms with Crippen LogP contribution in [0.4, 0.5) is 11.4 Å². The van der Waals surface area contributed by atoms with E-state index < -0.39 is 15.9 Å².